The van der Waals surface area contributed by atoms with Crippen LogP contribution in [-0.4, -0.2) is 16.8 Å². The molecule has 2 amide bonds. The molecule has 7 heteroatoms. The van der Waals surface area contributed by atoms with Crippen molar-refractivity contribution in [2.24, 2.45) is 0 Å². The number of carbonyl (C=O) groups excluding carboxylic acids is 2. The Kier molecular flexibility index (Phi) is 5.71. The van der Waals surface area contributed by atoms with Crippen LogP contribution in [0.25, 0.3) is 0 Å². The van der Waals surface area contributed by atoms with E-state index in [0.717, 1.165) is 5.69 Å². The van der Waals surface area contributed by atoms with Gasteiger partial charge in [0.2, 0.25) is 0 Å². The molecule has 1 aromatic carbocycles. The smallest absolute Gasteiger partial charge is 0.260 e. The first kappa shape index (κ1) is 18.8. The van der Waals surface area contributed by atoms with Gasteiger partial charge in [-0.25, -0.2) is 0 Å². The van der Waals surface area contributed by atoms with E-state index in [0.29, 0.717) is 39.4 Å². The minimum absolute atomic E-state index is 0.242. The predicted molar refractivity (Wildman–Crippen MR) is 106 cm³/mol. The Morgan fingerprint density at radius 1 is 1.07 bits per heavy atom. The van der Waals surface area contributed by atoms with Gasteiger partial charge in [0, 0.05) is 17.4 Å². The van der Waals surface area contributed by atoms with Crippen molar-refractivity contribution in [3.05, 3.63) is 81.5 Å². The maximum absolute atomic E-state index is 12.6. The number of aryl methyl sites for hydroxylation is 2. The Morgan fingerprint density at radius 3 is 2.56 bits per heavy atom. The van der Waals surface area contributed by atoms with Crippen molar-refractivity contribution >= 4 is 33.4 Å². The number of halogens is 1. The first-order valence-corrected chi connectivity index (χ1v) is 9.10. The lowest BCUT2D eigenvalue weighted by Gasteiger charge is -2.08. The Morgan fingerprint density at radius 2 is 1.89 bits per heavy atom. The largest absolute Gasteiger partial charge is 0.465 e. The summed E-state index contributed by atoms with van der Waals surface area (Å²) in [5, 5.41) is 5.61. The van der Waals surface area contributed by atoms with Crippen LogP contribution in [-0.2, 0) is 6.54 Å². The molecule has 3 rings (SSSR count). The van der Waals surface area contributed by atoms with Gasteiger partial charge in [-0.1, -0.05) is 12.1 Å². The summed E-state index contributed by atoms with van der Waals surface area (Å²) in [6.45, 7) is 3.84. The molecule has 2 heterocycles. The van der Waals surface area contributed by atoms with E-state index in [1.54, 1.807) is 44.3 Å². The Balaban J connectivity index is 1.69. The van der Waals surface area contributed by atoms with E-state index in [-0.39, 0.29) is 11.8 Å². The summed E-state index contributed by atoms with van der Waals surface area (Å²) < 4.78 is 6.09. The van der Waals surface area contributed by atoms with E-state index >= 15 is 0 Å². The number of nitrogens with zero attached hydrogens (tertiary/aromatic N) is 1. The molecular weight excluding hydrogens is 410 g/mol. The molecule has 0 aliphatic heterocycles. The lowest BCUT2D eigenvalue weighted by Crippen LogP contribution is -2.23. The van der Waals surface area contributed by atoms with Crippen LogP contribution >= 0.6 is 15.9 Å². The number of amides is 2. The van der Waals surface area contributed by atoms with Crippen LogP contribution in [0, 0.1) is 13.8 Å². The van der Waals surface area contributed by atoms with Crippen molar-refractivity contribution in [3.8, 4) is 0 Å². The van der Waals surface area contributed by atoms with Crippen molar-refractivity contribution in [2.45, 2.75) is 20.4 Å². The highest BCUT2D eigenvalue weighted by atomic mass is 79.9. The van der Waals surface area contributed by atoms with Crippen LogP contribution in [0.5, 0.6) is 0 Å². The fourth-order valence-electron chi connectivity index (χ4n) is 2.62. The third-order valence-corrected chi connectivity index (χ3v) is 4.91. The molecule has 0 bridgehead atoms. The third kappa shape index (κ3) is 4.43. The summed E-state index contributed by atoms with van der Waals surface area (Å²) in [5.41, 5.74) is 2.18. The van der Waals surface area contributed by atoms with Gasteiger partial charge in [0.1, 0.15) is 11.5 Å². The second-order valence-corrected chi connectivity index (χ2v) is 6.74. The van der Waals surface area contributed by atoms with Crippen LogP contribution < -0.4 is 10.6 Å². The van der Waals surface area contributed by atoms with E-state index in [9.17, 15) is 9.59 Å². The zero-order valence-electron chi connectivity index (χ0n) is 14.9. The lowest BCUT2D eigenvalue weighted by atomic mass is 10.1. The second-order valence-electron chi connectivity index (χ2n) is 5.94. The summed E-state index contributed by atoms with van der Waals surface area (Å²) in [6.07, 6.45) is 1.68. The Hall–Kier alpha value is -2.93. The number of rotatable bonds is 5. The van der Waals surface area contributed by atoms with Crippen molar-refractivity contribution in [3.63, 3.8) is 0 Å². The second kappa shape index (κ2) is 8.18. The standard InChI is InChI=1S/C20H18BrN3O3/c1-12-17(18(21)13(2)27-12)20(26)24-15-8-5-6-14(10-15)19(25)23-11-16-7-3-4-9-22-16/h3-10H,11H2,1-2H3,(H,23,25)(H,24,26). The summed E-state index contributed by atoms with van der Waals surface area (Å²) in [6, 6.07) is 12.3. The van der Waals surface area contributed by atoms with Crippen LogP contribution in [0.2, 0.25) is 0 Å². The van der Waals surface area contributed by atoms with Gasteiger partial charge < -0.3 is 15.1 Å². The highest BCUT2D eigenvalue weighted by Gasteiger charge is 2.20. The van der Waals surface area contributed by atoms with Gasteiger partial charge in [0.15, 0.2) is 0 Å². The number of furan rings is 1. The zero-order valence-corrected chi connectivity index (χ0v) is 16.5. The minimum Gasteiger partial charge on any atom is -0.465 e. The highest BCUT2D eigenvalue weighted by molar-refractivity contribution is 9.10. The van der Waals surface area contributed by atoms with E-state index in [2.05, 4.69) is 31.5 Å². The summed E-state index contributed by atoms with van der Waals surface area (Å²) >= 11 is 3.37. The highest BCUT2D eigenvalue weighted by Crippen LogP contribution is 2.28. The normalized spacial score (nSPS) is 10.5. The van der Waals surface area contributed by atoms with Gasteiger partial charge in [-0.05, 0) is 60.1 Å². The molecule has 0 saturated carbocycles. The van der Waals surface area contributed by atoms with Crippen molar-refractivity contribution in [1.82, 2.24) is 10.3 Å². The van der Waals surface area contributed by atoms with Gasteiger partial charge in [0.25, 0.3) is 11.8 Å². The molecule has 6 nitrogen and oxygen atoms in total. The van der Waals surface area contributed by atoms with Crippen molar-refractivity contribution in [1.29, 1.82) is 0 Å². The third-order valence-electron chi connectivity index (χ3n) is 3.95. The van der Waals surface area contributed by atoms with Gasteiger partial charge in [-0.2, -0.15) is 0 Å². The molecule has 0 atom stereocenters. The molecule has 0 aliphatic carbocycles. The van der Waals surface area contributed by atoms with Gasteiger partial charge in [-0.15, -0.1) is 0 Å². The number of hydrogen-bond donors (Lipinski definition) is 2. The molecule has 0 radical (unpaired) electrons. The topological polar surface area (TPSA) is 84.2 Å². The number of benzene rings is 1. The number of aromatic nitrogens is 1. The average Bonchev–Trinajstić information content (AvgIpc) is 2.92. The SMILES string of the molecule is Cc1oc(C)c(C(=O)Nc2cccc(C(=O)NCc3ccccn3)c2)c1Br. The number of carbonyl (C=O) groups is 2. The fraction of sp³-hybridized carbons (Fsp3) is 0.150. The molecule has 2 aromatic heterocycles. The van der Waals surface area contributed by atoms with E-state index in [1.807, 2.05) is 18.2 Å². The maximum Gasteiger partial charge on any atom is 0.260 e. The first-order chi connectivity index (χ1) is 13.0. The molecular formula is C20H18BrN3O3. The number of pyridine rings is 1. The molecule has 138 valence electrons. The van der Waals surface area contributed by atoms with E-state index < -0.39 is 0 Å². The fourth-order valence-corrected chi connectivity index (χ4v) is 3.16. The number of hydrogen-bond acceptors (Lipinski definition) is 4. The summed E-state index contributed by atoms with van der Waals surface area (Å²) in [7, 11) is 0. The van der Waals surface area contributed by atoms with Crippen LogP contribution in [0.4, 0.5) is 5.69 Å². The average molecular weight is 428 g/mol. The lowest BCUT2D eigenvalue weighted by molar-refractivity contribution is 0.0949. The molecule has 27 heavy (non-hydrogen) atoms. The predicted octanol–water partition coefficient (Wildman–Crippen LogP) is 4.24. The molecule has 0 spiro atoms. The molecule has 0 fully saturated rings. The number of nitrogens with one attached hydrogen (secondary N) is 2. The number of anilines is 1. The molecule has 3 aromatic rings. The minimum atomic E-state index is -0.303. The molecule has 0 saturated heterocycles. The van der Waals surface area contributed by atoms with Crippen LogP contribution in [0.3, 0.4) is 0 Å². The first-order valence-electron chi connectivity index (χ1n) is 8.30. The summed E-state index contributed by atoms with van der Waals surface area (Å²) in [4.78, 5) is 29.1. The van der Waals surface area contributed by atoms with Gasteiger partial charge >= 0.3 is 0 Å². The quantitative estimate of drug-likeness (QED) is 0.637. The monoisotopic (exact) mass is 427 g/mol. The van der Waals surface area contributed by atoms with E-state index in [4.69, 9.17) is 4.42 Å². The zero-order chi connectivity index (χ0) is 19.4. The van der Waals surface area contributed by atoms with Crippen LogP contribution in [0.1, 0.15) is 37.9 Å². The molecule has 2 N–H and O–H groups in total. The molecule has 0 unspecified atom stereocenters. The van der Waals surface area contributed by atoms with Crippen LogP contribution in [0.15, 0.2) is 57.6 Å². The molecule has 0 aliphatic rings. The van der Waals surface area contributed by atoms with Gasteiger partial charge in [-0.3, -0.25) is 14.6 Å². The van der Waals surface area contributed by atoms with Gasteiger partial charge in [0.05, 0.1) is 22.3 Å². The Labute approximate surface area is 165 Å². The van der Waals surface area contributed by atoms with Crippen molar-refractivity contribution < 1.29 is 14.0 Å². The Bertz CT molecular complexity index is 983. The van der Waals surface area contributed by atoms with Crippen molar-refractivity contribution in [2.75, 3.05) is 5.32 Å². The maximum atomic E-state index is 12.6. The van der Waals surface area contributed by atoms with E-state index in [1.165, 1.54) is 0 Å². The summed E-state index contributed by atoms with van der Waals surface area (Å²) in [5.74, 6) is 0.622.